The van der Waals surface area contributed by atoms with Crippen LogP contribution in [0.3, 0.4) is 0 Å². The minimum absolute atomic E-state index is 0.00149. The summed E-state index contributed by atoms with van der Waals surface area (Å²) < 4.78 is 45.4. The first-order chi connectivity index (χ1) is 47.3. The molecule has 0 saturated carbocycles. The molecule has 5 aliphatic rings. The molecular formula is C62H62N14O18S5. The van der Waals surface area contributed by atoms with Crippen LogP contribution >= 0.6 is 56.7 Å². The number of rotatable bonds is 8. The van der Waals surface area contributed by atoms with Crippen LogP contribution in [0.5, 0.6) is 5.75 Å². The number of aliphatic hydroxyl groups excluding tert-OH is 2. The zero-order valence-corrected chi connectivity index (χ0v) is 57.4. The summed E-state index contributed by atoms with van der Waals surface area (Å²) in [6.07, 6.45) is -8.80. The molecule has 0 radical (unpaired) electrons. The lowest BCUT2D eigenvalue weighted by molar-refractivity contribution is -0.269. The number of cyclic esters (lactones) is 2. The van der Waals surface area contributed by atoms with Crippen molar-refractivity contribution in [3.63, 3.8) is 0 Å². The second-order valence-corrected chi connectivity index (χ2v) is 28.2. The fraction of sp³-hybridized carbons (Fsp3) is 0.371. The van der Waals surface area contributed by atoms with Gasteiger partial charge in [-0.1, -0.05) is 18.7 Å². The van der Waals surface area contributed by atoms with Gasteiger partial charge in [-0.2, -0.15) is 4.73 Å². The molecule has 8 aromatic rings. The van der Waals surface area contributed by atoms with Gasteiger partial charge in [0.1, 0.15) is 120 Å². The number of benzene rings is 1. The number of aromatic hydroxyl groups is 1. The first-order valence-corrected chi connectivity index (χ1v) is 34.8. The summed E-state index contributed by atoms with van der Waals surface area (Å²) >= 11 is 4.65. The second-order valence-electron chi connectivity index (χ2n) is 23.8. The van der Waals surface area contributed by atoms with Crippen molar-refractivity contribution in [3.05, 3.63) is 124 Å². The van der Waals surface area contributed by atoms with Crippen molar-refractivity contribution in [2.45, 2.75) is 127 Å². The molecule has 7 aromatic heterocycles. The summed E-state index contributed by atoms with van der Waals surface area (Å²) in [7, 11) is 3.25. The highest BCUT2D eigenvalue weighted by Gasteiger charge is 2.56. The van der Waals surface area contributed by atoms with Crippen molar-refractivity contribution in [2.75, 3.05) is 20.8 Å². The Bertz CT molecular complexity index is 4630. The van der Waals surface area contributed by atoms with E-state index in [4.69, 9.17) is 58.8 Å². The van der Waals surface area contributed by atoms with Gasteiger partial charge in [0.15, 0.2) is 18.1 Å². The highest BCUT2D eigenvalue weighted by atomic mass is 32.1. The maximum Gasteiger partial charge on any atom is 0.358 e. The maximum atomic E-state index is 15.3. The number of nitrogens with zero attached hydrogens (tertiary/aromatic N) is 8. The van der Waals surface area contributed by atoms with Crippen LogP contribution in [0.25, 0.3) is 49.3 Å². The highest BCUT2D eigenvalue weighted by Crippen LogP contribution is 2.45. The van der Waals surface area contributed by atoms with Crippen LogP contribution < -0.4 is 32.3 Å². The van der Waals surface area contributed by atoms with Gasteiger partial charge in [-0.3, -0.25) is 34.2 Å². The standard InChI is InChI=1S/C62H62N14O18S5/c1-22(49(63)79)64-50(80)32-19-98-58(69-32)43-37(78)12-28-42(71-43)31-17-96-56(66-31)30-16-91-60(85)45-29-15-89-46(47(61(86)90-14-27-10-9-11-36(39(27)29)76(45)87)93-38-13-62(6)48(25(4)92-38)75(7)26(5)94-62)44(59-70-33(20-99-59)51(81)65-30)74-53(83)35-21-97-57(68-35)41(24(3)88-8)73-54(84)40(23(2)77)72-52(82)34-18-95-55(28)67-34/h9-12,17-21,23,25-26,30,38,40,44,46-48,53,74,77-78,83,87H,1,13-16H2,2-8H3,(H2,63,79)(H,64,80)(H,65,81)(H,72,82)(H,73,84)/b41-24+/t23-,25+,26?,30+,38+,40+,44+,46+,47+,48?,53?,62+/m1/s1. The molecule has 0 spiro atoms. The molecule has 99 heavy (non-hydrogen) atoms. The molecule has 12 atom stereocenters. The Morgan fingerprint density at radius 3 is 2.37 bits per heavy atom. The monoisotopic (exact) mass is 1450 g/mol. The summed E-state index contributed by atoms with van der Waals surface area (Å²) in [6, 6.07) is 1.25. The number of amides is 5. The van der Waals surface area contributed by atoms with Gasteiger partial charge in [-0.05, 0) is 59.4 Å². The molecule has 12 bridgehead atoms. The van der Waals surface area contributed by atoms with E-state index in [1.165, 1.54) is 60.0 Å². The number of likely N-dealkylation sites (N-methyl/N-ethyl adjacent to an activating group) is 1. The second kappa shape index (κ2) is 27.2. The van der Waals surface area contributed by atoms with Gasteiger partial charge < -0.3 is 80.7 Å². The molecule has 5 amide bonds. The van der Waals surface area contributed by atoms with Crippen LogP contribution in [0.2, 0.25) is 0 Å². The molecule has 3 unspecified atom stereocenters. The number of thiazole rings is 5. The van der Waals surface area contributed by atoms with Gasteiger partial charge in [0.25, 0.3) is 23.6 Å². The molecule has 32 nitrogen and oxygen atoms in total. The number of esters is 2. The van der Waals surface area contributed by atoms with Crippen LogP contribution in [0.15, 0.2) is 69.2 Å². The van der Waals surface area contributed by atoms with E-state index in [1.807, 2.05) is 32.7 Å². The molecule has 11 N–H and O–H groups in total. The lowest BCUT2D eigenvalue weighted by atomic mass is 9.86. The Labute approximate surface area is 580 Å². The topological polar surface area (TPSA) is 437 Å². The van der Waals surface area contributed by atoms with Crippen LogP contribution in [0.4, 0.5) is 0 Å². The minimum Gasteiger partial charge on any atom is -0.506 e. The molecule has 5 aliphatic heterocycles. The first-order valence-electron chi connectivity index (χ1n) is 30.4. The number of aromatic nitrogens is 7. The van der Waals surface area contributed by atoms with Gasteiger partial charge in [0.2, 0.25) is 5.91 Å². The molecule has 1 aromatic carbocycles. The molecular weight excluding hydrogens is 1390 g/mol. The molecule has 37 heteroatoms. The molecule has 0 aliphatic carbocycles. The van der Waals surface area contributed by atoms with E-state index in [0.29, 0.717) is 10.3 Å². The van der Waals surface area contributed by atoms with Gasteiger partial charge in [0.05, 0.1) is 60.5 Å². The number of hydrogen-bond acceptors (Lipinski definition) is 31. The van der Waals surface area contributed by atoms with Crippen molar-refractivity contribution in [1.29, 1.82) is 0 Å². The lowest BCUT2D eigenvalue weighted by Gasteiger charge is -2.45. The molecule has 13 rings (SSSR count). The van der Waals surface area contributed by atoms with Crippen LogP contribution in [-0.4, -0.2) is 177 Å². The predicted octanol–water partition coefficient (Wildman–Crippen LogP) is 4.50. The number of pyridine rings is 1. The number of hydrogen-bond donors (Lipinski definition) is 10. The number of nitrogens with one attached hydrogen (secondary N) is 5. The number of primary amides is 1. The number of aliphatic hydroxyl groups is 2. The van der Waals surface area contributed by atoms with E-state index in [-0.39, 0.29) is 117 Å². The molecule has 2 fully saturated rings. The summed E-state index contributed by atoms with van der Waals surface area (Å²) in [4.78, 5) is 129. The normalized spacial score (nSPS) is 26.2. The van der Waals surface area contributed by atoms with E-state index in [1.54, 1.807) is 12.1 Å². The van der Waals surface area contributed by atoms with Crippen molar-refractivity contribution in [1.82, 2.24) is 66.1 Å². The van der Waals surface area contributed by atoms with E-state index < -0.39 is 139 Å². The quantitative estimate of drug-likeness (QED) is 0.0433. The third kappa shape index (κ3) is 13.0. The molecule has 518 valence electrons. The third-order valence-corrected chi connectivity index (χ3v) is 21.8. The van der Waals surface area contributed by atoms with Crippen molar-refractivity contribution < 1.29 is 87.2 Å². The van der Waals surface area contributed by atoms with E-state index in [2.05, 4.69) is 43.1 Å². The number of fused-ring (bicyclic) bond motifs is 16. The van der Waals surface area contributed by atoms with Gasteiger partial charge >= 0.3 is 11.9 Å². The van der Waals surface area contributed by atoms with Gasteiger partial charge in [0, 0.05) is 49.8 Å². The zero-order valence-electron chi connectivity index (χ0n) is 53.3. The maximum absolute atomic E-state index is 15.3. The average Bonchev–Trinajstić information content (AvgIpc) is 1.61. The Kier molecular flexibility index (Phi) is 18.8. The van der Waals surface area contributed by atoms with Crippen molar-refractivity contribution >= 4 is 115 Å². The van der Waals surface area contributed by atoms with Crippen LogP contribution in [0, 0.1) is 0 Å². The van der Waals surface area contributed by atoms with Crippen molar-refractivity contribution in [2.24, 2.45) is 5.73 Å². The molecule has 12 heterocycles. The highest BCUT2D eigenvalue weighted by molar-refractivity contribution is 7.14. The van der Waals surface area contributed by atoms with E-state index >= 15 is 14.4 Å². The number of carbonyl (C=O) groups excluding carboxylic acids is 7. The minimum atomic E-state index is -1.83. The largest absolute Gasteiger partial charge is 0.506 e. The summed E-state index contributed by atoms with van der Waals surface area (Å²) in [5.41, 5.74) is 3.22. The smallest absolute Gasteiger partial charge is 0.358 e. The number of nitrogens with two attached hydrogens (primary N) is 1. The summed E-state index contributed by atoms with van der Waals surface area (Å²) in [5.74, 6) is -7.05. The average molecular weight is 1450 g/mol. The summed E-state index contributed by atoms with van der Waals surface area (Å²) in [5, 5.41) is 68.9. The van der Waals surface area contributed by atoms with Crippen LogP contribution in [-0.2, 0) is 60.8 Å². The number of methoxy groups -OCH3 is 1. The summed E-state index contributed by atoms with van der Waals surface area (Å²) in [6.45, 7) is 10.3. The first kappa shape index (κ1) is 68.4. The lowest BCUT2D eigenvalue weighted by Crippen LogP contribution is -2.58. The third-order valence-electron chi connectivity index (χ3n) is 17.3. The Morgan fingerprint density at radius 1 is 0.889 bits per heavy atom. The number of ether oxygens (including phenoxy) is 7. The van der Waals surface area contributed by atoms with Crippen LogP contribution in [0.1, 0.15) is 133 Å². The van der Waals surface area contributed by atoms with Crippen molar-refractivity contribution in [3.8, 4) is 38.4 Å². The SMILES string of the molecule is C=C(NC(=O)c1csc(-c2nc3c(cc2O)-c2nc(cs2)C(=O)N[C@@H]([C@@H](C)O)C(=O)N/C(=C(\C)OC)c2nc(cs2)C(O)N[C@@H]2c4nc(cs4)C(=O)N[C@@H](COC(=O)c4c5c6c(cccc6n4O)COC(=O)[C@@H](O[C@H]4C[C@]6(C)OC(C)N(C)C6[C@H](C)O4)[C@H]2OC5)c2nc-3cs2)n1)C(N)=O. The Hall–Kier alpha value is -9.09. The van der Waals surface area contributed by atoms with E-state index in [0.717, 1.165) is 56.7 Å². The predicted molar refractivity (Wildman–Crippen MR) is 353 cm³/mol. The Balaban J connectivity index is 0.982. The van der Waals surface area contributed by atoms with Gasteiger partial charge in [-0.25, -0.2) is 39.5 Å². The fourth-order valence-electron chi connectivity index (χ4n) is 12.4. The number of allylic oxidation sites excluding steroid dienone is 1. The fourth-order valence-corrected chi connectivity index (χ4v) is 16.6. The van der Waals surface area contributed by atoms with Gasteiger partial charge in [-0.15, -0.1) is 56.7 Å². The van der Waals surface area contributed by atoms with E-state index in [9.17, 15) is 39.7 Å². The Morgan fingerprint density at radius 2 is 1.61 bits per heavy atom. The zero-order chi connectivity index (χ0) is 70.2. The molecule has 2 saturated heterocycles. The number of carbonyl (C=O) groups is 7.